The minimum Gasteiger partial charge on any atom is -0.387 e. The van der Waals surface area contributed by atoms with Crippen molar-refractivity contribution in [3.05, 3.63) is 28.2 Å². The second kappa shape index (κ2) is 5.17. The van der Waals surface area contributed by atoms with Crippen LogP contribution in [0.4, 0.5) is 5.69 Å². The minimum absolute atomic E-state index is 0.253. The molecule has 4 heteroatoms. The summed E-state index contributed by atoms with van der Waals surface area (Å²) in [6.45, 7) is 2.39. The third-order valence-electron chi connectivity index (χ3n) is 3.03. The fourth-order valence-electron chi connectivity index (χ4n) is 2.21. The zero-order valence-electron chi connectivity index (χ0n) is 9.19. The van der Waals surface area contributed by atoms with E-state index in [-0.39, 0.29) is 6.54 Å². The van der Waals surface area contributed by atoms with Gasteiger partial charge in [0, 0.05) is 35.4 Å². The molecule has 88 valence electrons. The summed E-state index contributed by atoms with van der Waals surface area (Å²) >= 11 is 3.49. The van der Waals surface area contributed by atoms with E-state index in [1.807, 2.05) is 12.1 Å². The first kappa shape index (κ1) is 11.9. The quantitative estimate of drug-likeness (QED) is 0.893. The summed E-state index contributed by atoms with van der Waals surface area (Å²) in [5.74, 6) is 0. The Morgan fingerprint density at radius 1 is 1.38 bits per heavy atom. The Bertz CT molecular complexity index is 364. The number of aliphatic hydroxyl groups excluding tert-OH is 1. The zero-order chi connectivity index (χ0) is 11.5. The van der Waals surface area contributed by atoms with Gasteiger partial charge in [-0.05, 0) is 25.0 Å². The van der Waals surface area contributed by atoms with Crippen molar-refractivity contribution < 1.29 is 5.11 Å². The third kappa shape index (κ3) is 2.24. The molecule has 1 heterocycles. The van der Waals surface area contributed by atoms with E-state index in [1.165, 1.54) is 12.8 Å². The maximum Gasteiger partial charge on any atom is 0.0943 e. The molecule has 0 radical (unpaired) electrons. The topological polar surface area (TPSA) is 49.5 Å². The standard InChI is InChI=1S/C12H17BrN2O/c13-9-4-3-5-10(12(9)11(16)8-14)15-6-1-2-7-15/h3-5,11,16H,1-2,6-8,14H2. The fourth-order valence-corrected chi connectivity index (χ4v) is 2.83. The number of nitrogens with two attached hydrogens (primary N) is 1. The van der Waals surface area contributed by atoms with E-state index in [0.29, 0.717) is 0 Å². The SMILES string of the molecule is NCC(O)c1c(Br)cccc1N1CCCC1. The van der Waals surface area contributed by atoms with Gasteiger partial charge in [-0.3, -0.25) is 0 Å². The van der Waals surface area contributed by atoms with Gasteiger partial charge in [-0.1, -0.05) is 22.0 Å². The van der Waals surface area contributed by atoms with Crippen LogP contribution in [0.2, 0.25) is 0 Å². The van der Waals surface area contributed by atoms with Crippen molar-refractivity contribution >= 4 is 21.6 Å². The van der Waals surface area contributed by atoms with E-state index in [9.17, 15) is 5.11 Å². The smallest absolute Gasteiger partial charge is 0.0943 e. The number of hydrogen-bond acceptors (Lipinski definition) is 3. The molecule has 1 fully saturated rings. The lowest BCUT2D eigenvalue weighted by atomic mass is 10.1. The Hall–Kier alpha value is -0.580. The van der Waals surface area contributed by atoms with Gasteiger partial charge in [-0.15, -0.1) is 0 Å². The highest BCUT2D eigenvalue weighted by atomic mass is 79.9. The van der Waals surface area contributed by atoms with Crippen LogP contribution in [0.15, 0.2) is 22.7 Å². The Labute approximate surface area is 104 Å². The molecule has 0 aliphatic carbocycles. The molecule has 16 heavy (non-hydrogen) atoms. The molecule has 0 amide bonds. The summed E-state index contributed by atoms with van der Waals surface area (Å²) in [7, 11) is 0. The lowest BCUT2D eigenvalue weighted by Gasteiger charge is -2.24. The van der Waals surface area contributed by atoms with E-state index in [0.717, 1.165) is 28.8 Å². The van der Waals surface area contributed by atoms with Gasteiger partial charge in [0.05, 0.1) is 6.10 Å². The molecular weight excluding hydrogens is 268 g/mol. The lowest BCUT2D eigenvalue weighted by Crippen LogP contribution is -2.22. The van der Waals surface area contributed by atoms with Gasteiger partial charge in [-0.25, -0.2) is 0 Å². The third-order valence-corrected chi connectivity index (χ3v) is 3.72. The van der Waals surface area contributed by atoms with Crippen molar-refractivity contribution in [2.75, 3.05) is 24.5 Å². The molecule has 1 aromatic rings. The van der Waals surface area contributed by atoms with Crippen LogP contribution in [0.3, 0.4) is 0 Å². The Morgan fingerprint density at radius 2 is 2.06 bits per heavy atom. The van der Waals surface area contributed by atoms with Gasteiger partial charge in [0.2, 0.25) is 0 Å². The number of nitrogens with zero attached hydrogens (tertiary/aromatic N) is 1. The van der Waals surface area contributed by atoms with Crippen LogP contribution in [0.25, 0.3) is 0 Å². The number of anilines is 1. The Kier molecular flexibility index (Phi) is 3.84. The van der Waals surface area contributed by atoms with Crippen molar-refractivity contribution in [1.82, 2.24) is 0 Å². The number of halogens is 1. The number of aliphatic hydroxyl groups is 1. The molecule has 1 saturated heterocycles. The highest BCUT2D eigenvalue weighted by Crippen LogP contribution is 2.34. The van der Waals surface area contributed by atoms with Crippen molar-refractivity contribution in [2.45, 2.75) is 18.9 Å². The molecule has 0 saturated carbocycles. The molecular formula is C12H17BrN2O. The van der Waals surface area contributed by atoms with Crippen LogP contribution in [0, 0.1) is 0 Å². The molecule has 1 aliphatic rings. The van der Waals surface area contributed by atoms with Crippen molar-refractivity contribution in [3.8, 4) is 0 Å². The van der Waals surface area contributed by atoms with Crippen LogP contribution < -0.4 is 10.6 Å². The summed E-state index contributed by atoms with van der Waals surface area (Å²) in [5.41, 5.74) is 7.59. The maximum atomic E-state index is 9.97. The molecule has 1 aromatic carbocycles. The normalized spacial score (nSPS) is 17.8. The second-order valence-electron chi connectivity index (χ2n) is 4.12. The monoisotopic (exact) mass is 284 g/mol. The summed E-state index contributed by atoms with van der Waals surface area (Å²) in [6, 6.07) is 6.02. The van der Waals surface area contributed by atoms with E-state index < -0.39 is 6.10 Å². The first-order valence-corrected chi connectivity index (χ1v) is 6.45. The van der Waals surface area contributed by atoms with E-state index in [4.69, 9.17) is 5.73 Å². The molecule has 1 unspecified atom stereocenters. The molecule has 1 aliphatic heterocycles. The molecule has 0 spiro atoms. The summed E-state index contributed by atoms with van der Waals surface area (Å²) in [6.07, 6.45) is 1.86. The first-order valence-electron chi connectivity index (χ1n) is 5.65. The first-order chi connectivity index (χ1) is 7.74. The van der Waals surface area contributed by atoms with Crippen LogP contribution >= 0.6 is 15.9 Å². The van der Waals surface area contributed by atoms with Crippen LogP contribution in [0.5, 0.6) is 0 Å². The van der Waals surface area contributed by atoms with Gasteiger partial charge in [0.25, 0.3) is 0 Å². The Morgan fingerprint density at radius 3 is 2.69 bits per heavy atom. The Balaban J connectivity index is 2.38. The molecule has 3 N–H and O–H groups in total. The van der Waals surface area contributed by atoms with Crippen LogP contribution in [-0.2, 0) is 0 Å². The van der Waals surface area contributed by atoms with Gasteiger partial charge in [0.1, 0.15) is 0 Å². The largest absolute Gasteiger partial charge is 0.387 e. The van der Waals surface area contributed by atoms with E-state index >= 15 is 0 Å². The van der Waals surface area contributed by atoms with Gasteiger partial charge < -0.3 is 15.7 Å². The summed E-state index contributed by atoms with van der Waals surface area (Å²) in [4.78, 5) is 2.32. The number of benzene rings is 1. The van der Waals surface area contributed by atoms with Gasteiger partial charge in [-0.2, -0.15) is 0 Å². The zero-order valence-corrected chi connectivity index (χ0v) is 10.8. The summed E-state index contributed by atoms with van der Waals surface area (Å²) in [5, 5.41) is 9.97. The molecule has 3 nitrogen and oxygen atoms in total. The minimum atomic E-state index is -0.592. The lowest BCUT2D eigenvalue weighted by molar-refractivity contribution is 0.186. The van der Waals surface area contributed by atoms with Crippen molar-refractivity contribution in [2.24, 2.45) is 5.73 Å². The highest BCUT2D eigenvalue weighted by Gasteiger charge is 2.20. The average Bonchev–Trinajstić information content (AvgIpc) is 2.81. The molecule has 1 atom stereocenters. The van der Waals surface area contributed by atoms with Gasteiger partial charge >= 0.3 is 0 Å². The molecule has 0 bridgehead atoms. The van der Waals surface area contributed by atoms with E-state index in [2.05, 4.69) is 26.9 Å². The van der Waals surface area contributed by atoms with Crippen LogP contribution in [-0.4, -0.2) is 24.7 Å². The maximum absolute atomic E-state index is 9.97. The second-order valence-corrected chi connectivity index (χ2v) is 4.97. The molecule has 0 aromatic heterocycles. The van der Waals surface area contributed by atoms with Crippen molar-refractivity contribution in [3.63, 3.8) is 0 Å². The average molecular weight is 285 g/mol. The molecule has 2 rings (SSSR count). The predicted octanol–water partition coefficient (Wildman–Crippen LogP) is 2.04. The number of hydrogen-bond donors (Lipinski definition) is 2. The predicted molar refractivity (Wildman–Crippen MR) is 69.6 cm³/mol. The van der Waals surface area contributed by atoms with Crippen LogP contribution in [0.1, 0.15) is 24.5 Å². The fraction of sp³-hybridized carbons (Fsp3) is 0.500. The van der Waals surface area contributed by atoms with E-state index in [1.54, 1.807) is 0 Å². The number of rotatable bonds is 3. The van der Waals surface area contributed by atoms with Crippen molar-refractivity contribution in [1.29, 1.82) is 0 Å². The van der Waals surface area contributed by atoms with Gasteiger partial charge in [0.15, 0.2) is 0 Å². The summed E-state index contributed by atoms with van der Waals surface area (Å²) < 4.78 is 0.940. The highest BCUT2D eigenvalue weighted by molar-refractivity contribution is 9.10.